The lowest BCUT2D eigenvalue weighted by atomic mass is 10.1. The van der Waals surface area contributed by atoms with Crippen molar-refractivity contribution in [2.45, 2.75) is 77.6 Å². The average Bonchev–Trinajstić information content (AvgIpc) is 2.66. The molecule has 1 aromatic carbocycles. The Balaban J connectivity index is 1.97. The Kier molecular flexibility index (Phi) is 13.2. The molecule has 144 valence electrons. The maximum absolute atomic E-state index is 11.9. The zero-order valence-electron chi connectivity index (χ0n) is 16.6. The highest BCUT2D eigenvalue weighted by molar-refractivity contribution is 5.88. The van der Waals surface area contributed by atoms with Crippen LogP contribution in [0.1, 0.15) is 83.1 Å². The highest BCUT2D eigenvalue weighted by atomic mass is 16.5. The van der Waals surface area contributed by atoms with E-state index in [1.54, 1.807) is 0 Å². The standard InChI is InChI=1S/C24H36O2/c1-3-4-5-6-7-8-9-10-11-15-21-26-24(25)22(2)17-16-20-23-18-13-12-14-19-23/h12-14,16,18-20H,2-11,15,17,21H2,1H3. The van der Waals surface area contributed by atoms with E-state index in [0.29, 0.717) is 18.6 Å². The molecule has 0 aliphatic carbocycles. The first-order valence-electron chi connectivity index (χ1n) is 10.3. The van der Waals surface area contributed by atoms with Crippen LogP contribution in [0.4, 0.5) is 0 Å². The molecular formula is C24H36O2. The van der Waals surface area contributed by atoms with Gasteiger partial charge in [0.05, 0.1) is 6.61 Å². The number of allylic oxidation sites excluding steroid dienone is 1. The minimum absolute atomic E-state index is 0.265. The summed E-state index contributed by atoms with van der Waals surface area (Å²) in [7, 11) is 0. The topological polar surface area (TPSA) is 26.3 Å². The summed E-state index contributed by atoms with van der Waals surface area (Å²) in [5.74, 6) is -0.265. The fraction of sp³-hybridized carbons (Fsp3) is 0.542. The molecule has 0 heterocycles. The molecule has 2 heteroatoms. The Morgan fingerprint density at radius 1 is 0.923 bits per heavy atom. The quantitative estimate of drug-likeness (QED) is 0.190. The Labute approximate surface area is 160 Å². The molecular weight excluding hydrogens is 320 g/mol. The van der Waals surface area contributed by atoms with Crippen molar-refractivity contribution in [1.29, 1.82) is 0 Å². The summed E-state index contributed by atoms with van der Waals surface area (Å²) in [6.45, 7) is 6.59. The highest BCUT2D eigenvalue weighted by Gasteiger charge is 2.06. The van der Waals surface area contributed by atoms with E-state index >= 15 is 0 Å². The average molecular weight is 357 g/mol. The summed E-state index contributed by atoms with van der Waals surface area (Å²) in [6.07, 6.45) is 17.3. The molecule has 1 aromatic rings. The third-order valence-electron chi connectivity index (χ3n) is 4.49. The molecule has 0 saturated carbocycles. The van der Waals surface area contributed by atoms with Gasteiger partial charge in [0.1, 0.15) is 0 Å². The minimum atomic E-state index is -0.265. The molecule has 0 atom stereocenters. The molecule has 0 spiro atoms. The SMILES string of the molecule is C=C(CC=Cc1ccccc1)C(=O)OCCCCCCCCCCCC. The van der Waals surface area contributed by atoms with Crippen molar-refractivity contribution < 1.29 is 9.53 Å². The van der Waals surface area contributed by atoms with E-state index in [2.05, 4.69) is 13.5 Å². The molecule has 26 heavy (non-hydrogen) atoms. The van der Waals surface area contributed by atoms with E-state index in [-0.39, 0.29) is 5.97 Å². The minimum Gasteiger partial charge on any atom is -0.462 e. The predicted molar refractivity (Wildman–Crippen MR) is 112 cm³/mol. The highest BCUT2D eigenvalue weighted by Crippen LogP contribution is 2.11. The zero-order chi connectivity index (χ0) is 18.9. The van der Waals surface area contributed by atoms with Gasteiger partial charge in [-0.1, -0.05) is 114 Å². The zero-order valence-corrected chi connectivity index (χ0v) is 16.6. The lowest BCUT2D eigenvalue weighted by molar-refractivity contribution is -0.139. The molecule has 1 rings (SSSR count). The Morgan fingerprint density at radius 3 is 2.12 bits per heavy atom. The van der Waals surface area contributed by atoms with Crippen LogP contribution >= 0.6 is 0 Å². The molecule has 0 unspecified atom stereocenters. The van der Waals surface area contributed by atoms with E-state index in [0.717, 1.165) is 18.4 Å². The van der Waals surface area contributed by atoms with Gasteiger partial charge in [-0.05, 0) is 18.4 Å². The van der Waals surface area contributed by atoms with Crippen molar-refractivity contribution in [2.75, 3.05) is 6.61 Å². The van der Waals surface area contributed by atoms with Gasteiger partial charge in [-0.25, -0.2) is 4.79 Å². The first-order chi connectivity index (χ1) is 12.7. The molecule has 0 aromatic heterocycles. The first kappa shape index (κ1) is 22.2. The van der Waals surface area contributed by atoms with Crippen LogP contribution in [0.3, 0.4) is 0 Å². The summed E-state index contributed by atoms with van der Waals surface area (Å²) < 4.78 is 5.31. The van der Waals surface area contributed by atoms with Crippen molar-refractivity contribution in [1.82, 2.24) is 0 Å². The Morgan fingerprint density at radius 2 is 1.50 bits per heavy atom. The number of esters is 1. The van der Waals surface area contributed by atoms with Crippen LogP contribution in [-0.4, -0.2) is 12.6 Å². The van der Waals surface area contributed by atoms with Gasteiger partial charge in [0.25, 0.3) is 0 Å². The van der Waals surface area contributed by atoms with Crippen LogP contribution in [0, 0.1) is 0 Å². The van der Waals surface area contributed by atoms with Crippen LogP contribution in [0.2, 0.25) is 0 Å². The van der Waals surface area contributed by atoms with Gasteiger partial charge in [0.2, 0.25) is 0 Å². The number of carbonyl (C=O) groups is 1. The second-order valence-corrected chi connectivity index (χ2v) is 6.94. The fourth-order valence-electron chi connectivity index (χ4n) is 2.84. The van der Waals surface area contributed by atoms with E-state index in [9.17, 15) is 4.79 Å². The maximum atomic E-state index is 11.9. The number of hydrogen-bond acceptors (Lipinski definition) is 2. The largest absolute Gasteiger partial charge is 0.462 e. The predicted octanol–water partition coefficient (Wildman–Crippen LogP) is 7.11. The molecule has 0 N–H and O–H groups in total. The van der Waals surface area contributed by atoms with Crippen LogP contribution in [0.25, 0.3) is 6.08 Å². The number of rotatable bonds is 15. The number of benzene rings is 1. The molecule has 0 aliphatic rings. The molecule has 0 radical (unpaired) electrons. The third-order valence-corrected chi connectivity index (χ3v) is 4.49. The lowest BCUT2D eigenvalue weighted by Gasteiger charge is -2.06. The van der Waals surface area contributed by atoms with E-state index in [1.165, 1.54) is 51.4 Å². The summed E-state index contributed by atoms with van der Waals surface area (Å²) in [5, 5.41) is 0. The van der Waals surface area contributed by atoms with Gasteiger partial charge in [0, 0.05) is 5.57 Å². The van der Waals surface area contributed by atoms with E-state index in [1.807, 2.05) is 42.5 Å². The molecule has 0 saturated heterocycles. The van der Waals surface area contributed by atoms with Crippen molar-refractivity contribution >= 4 is 12.0 Å². The van der Waals surface area contributed by atoms with Crippen LogP contribution in [0.15, 0.2) is 48.6 Å². The van der Waals surface area contributed by atoms with Gasteiger partial charge >= 0.3 is 5.97 Å². The van der Waals surface area contributed by atoms with Gasteiger partial charge < -0.3 is 4.74 Å². The number of carbonyl (C=O) groups excluding carboxylic acids is 1. The van der Waals surface area contributed by atoms with Crippen molar-refractivity contribution in [2.24, 2.45) is 0 Å². The number of unbranched alkanes of at least 4 members (excludes halogenated alkanes) is 9. The third kappa shape index (κ3) is 11.7. The molecule has 2 nitrogen and oxygen atoms in total. The summed E-state index contributed by atoms with van der Waals surface area (Å²) in [4.78, 5) is 11.9. The summed E-state index contributed by atoms with van der Waals surface area (Å²) >= 11 is 0. The fourth-order valence-corrected chi connectivity index (χ4v) is 2.84. The van der Waals surface area contributed by atoms with E-state index < -0.39 is 0 Å². The van der Waals surface area contributed by atoms with Crippen LogP contribution < -0.4 is 0 Å². The van der Waals surface area contributed by atoms with Crippen molar-refractivity contribution in [3.05, 3.63) is 54.1 Å². The van der Waals surface area contributed by atoms with Crippen molar-refractivity contribution in [3.63, 3.8) is 0 Å². The normalized spacial score (nSPS) is 11.0. The molecule has 0 aliphatic heterocycles. The number of hydrogen-bond donors (Lipinski definition) is 0. The van der Waals surface area contributed by atoms with Crippen LogP contribution in [0.5, 0.6) is 0 Å². The number of ether oxygens (including phenoxy) is 1. The van der Waals surface area contributed by atoms with Gasteiger partial charge in [0.15, 0.2) is 0 Å². The Hall–Kier alpha value is -1.83. The smallest absolute Gasteiger partial charge is 0.333 e. The summed E-state index contributed by atoms with van der Waals surface area (Å²) in [5.41, 5.74) is 1.64. The van der Waals surface area contributed by atoms with Crippen molar-refractivity contribution in [3.8, 4) is 0 Å². The monoisotopic (exact) mass is 356 g/mol. The maximum Gasteiger partial charge on any atom is 0.333 e. The van der Waals surface area contributed by atoms with Gasteiger partial charge in [-0.2, -0.15) is 0 Å². The van der Waals surface area contributed by atoms with Gasteiger partial charge in [-0.15, -0.1) is 0 Å². The lowest BCUT2D eigenvalue weighted by Crippen LogP contribution is -2.07. The Bertz CT molecular complexity index is 516. The van der Waals surface area contributed by atoms with Gasteiger partial charge in [-0.3, -0.25) is 0 Å². The second-order valence-electron chi connectivity index (χ2n) is 6.94. The molecule has 0 amide bonds. The van der Waals surface area contributed by atoms with Crippen LogP contribution in [-0.2, 0) is 9.53 Å². The molecule has 0 fully saturated rings. The first-order valence-corrected chi connectivity index (χ1v) is 10.3. The molecule has 0 bridgehead atoms. The van der Waals surface area contributed by atoms with E-state index in [4.69, 9.17) is 4.74 Å². The second kappa shape index (κ2) is 15.4. The summed E-state index contributed by atoms with van der Waals surface area (Å²) in [6, 6.07) is 10.0.